The second kappa shape index (κ2) is 11.1. The Labute approximate surface area is 126 Å². The van der Waals surface area contributed by atoms with Crippen molar-refractivity contribution in [3.05, 3.63) is 24.3 Å². The van der Waals surface area contributed by atoms with Crippen LogP contribution in [-0.2, 0) is 14.3 Å². The number of unbranched alkanes of at least 4 members (excludes halogenated alkanes) is 1. The van der Waals surface area contributed by atoms with Crippen LogP contribution in [0.25, 0.3) is 0 Å². The van der Waals surface area contributed by atoms with Gasteiger partial charge in [-0.2, -0.15) is 0 Å². The molecule has 0 radical (unpaired) electrons. The Morgan fingerprint density at radius 3 is 2.29 bits per heavy atom. The van der Waals surface area contributed by atoms with E-state index in [0.717, 1.165) is 25.1 Å². The molecule has 0 saturated carbocycles. The lowest BCUT2D eigenvalue weighted by molar-refractivity contribution is -0.116. The van der Waals surface area contributed by atoms with Gasteiger partial charge in [-0.05, 0) is 37.1 Å². The van der Waals surface area contributed by atoms with Crippen molar-refractivity contribution < 1.29 is 14.3 Å². The summed E-state index contributed by atoms with van der Waals surface area (Å²) in [6, 6.07) is 7.10. The SMILES string of the molecule is CCCCOCCOCCCC(=O)Nc1ccc(N)cc1. The van der Waals surface area contributed by atoms with Gasteiger partial charge in [0.1, 0.15) is 0 Å². The maximum absolute atomic E-state index is 11.7. The van der Waals surface area contributed by atoms with Crippen LogP contribution in [-0.4, -0.2) is 32.3 Å². The summed E-state index contributed by atoms with van der Waals surface area (Å²) in [5.41, 5.74) is 7.03. The highest BCUT2D eigenvalue weighted by Crippen LogP contribution is 2.10. The number of hydrogen-bond acceptors (Lipinski definition) is 4. The normalized spacial score (nSPS) is 10.5. The summed E-state index contributed by atoms with van der Waals surface area (Å²) in [7, 11) is 0. The Balaban J connectivity index is 1.97. The predicted molar refractivity (Wildman–Crippen MR) is 85.3 cm³/mol. The molecule has 118 valence electrons. The smallest absolute Gasteiger partial charge is 0.224 e. The van der Waals surface area contributed by atoms with Crippen LogP contribution in [0.2, 0.25) is 0 Å². The first-order chi connectivity index (χ1) is 10.2. The van der Waals surface area contributed by atoms with Gasteiger partial charge < -0.3 is 20.5 Å². The van der Waals surface area contributed by atoms with Gasteiger partial charge in [-0.1, -0.05) is 13.3 Å². The van der Waals surface area contributed by atoms with E-state index in [2.05, 4.69) is 12.2 Å². The molecule has 1 aromatic rings. The Hall–Kier alpha value is -1.59. The molecule has 0 spiro atoms. The molecule has 0 aliphatic rings. The third kappa shape index (κ3) is 9.05. The Kier molecular flexibility index (Phi) is 9.24. The Morgan fingerprint density at radius 2 is 1.67 bits per heavy atom. The highest BCUT2D eigenvalue weighted by Gasteiger charge is 2.02. The number of carbonyl (C=O) groups excluding carboxylic acids is 1. The van der Waals surface area contributed by atoms with Crippen molar-refractivity contribution in [3.63, 3.8) is 0 Å². The number of nitrogens with two attached hydrogens (primary N) is 1. The van der Waals surface area contributed by atoms with E-state index in [9.17, 15) is 4.79 Å². The summed E-state index contributed by atoms with van der Waals surface area (Å²) in [6.07, 6.45) is 3.38. The lowest BCUT2D eigenvalue weighted by Gasteiger charge is -2.07. The molecule has 1 amide bonds. The Bertz CT molecular complexity index is 393. The molecule has 5 nitrogen and oxygen atoms in total. The van der Waals surface area contributed by atoms with Gasteiger partial charge in [0.25, 0.3) is 0 Å². The topological polar surface area (TPSA) is 73.6 Å². The van der Waals surface area contributed by atoms with Crippen molar-refractivity contribution in [2.75, 3.05) is 37.5 Å². The van der Waals surface area contributed by atoms with Crippen LogP contribution < -0.4 is 11.1 Å². The molecule has 0 heterocycles. The van der Waals surface area contributed by atoms with Crippen molar-refractivity contribution in [1.29, 1.82) is 0 Å². The molecular formula is C16H26N2O3. The number of anilines is 2. The molecule has 0 aliphatic heterocycles. The number of hydrogen-bond donors (Lipinski definition) is 2. The first kappa shape index (κ1) is 17.5. The number of amides is 1. The lowest BCUT2D eigenvalue weighted by atomic mass is 10.2. The second-order valence-electron chi connectivity index (χ2n) is 4.85. The zero-order chi connectivity index (χ0) is 15.3. The molecule has 0 aliphatic carbocycles. The van der Waals surface area contributed by atoms with E-state index in [1.807, 2.05) is 0 Å². The van der Waals surface area contributed by atoms with Crippen molar-refractivity contribution in [3.8, 4) is 0 Å². The summed E-state index contributed by atoms with van der Waals surface area (Å²) < 4.78 is 10.8. The molecule has 0 aromatic heterocycles. The quantitative estimate of drug-likeness (QED) is 0.486. The number of carbonyl (C=O) groups is 1. The van der Waals surface area contributed by atoms with Crippen LogP contribution >= 0.6 is 0 Å². The molecular weight excluding hydrogens is 268 g/mol. The predicted octanol–water partition coefficient (Wildman–Crippen LogP) is 2.82. The first-order valence-corrected chi connectivity index (χ1v) is 7.53. The zero-order valence-corrected chi connectivity index (χ0v) is 12.8. The van der Waals surface area contributed by atoms with E-state index in [4.69, 9.17) is 15.2 Å². The highest BCUT2D eigenvalue weighted by atomic mass is 16.5. The molecule has 3 N–H and O–H groups in total. The van der Waals surface area contributed by atoms with Gasteiger partial charge in [0.15, 0.2) is 0 Å². The van der Waals surface area contributed by atoms with Crippen molar-refractivity contribution >= 4 is 17.3 Å². The monoisotopic (exact) mass is 294 g/mol. The zero-order valence-electron chi connectivity index (χ0n) is 12.8. The van der Waals surface area contributed by atoms with E-state index >= 15 is 0 Å². The third-order valence-corrected chi connectivity index (χ3v) is 2.90. The molecule has 0 atom stereocenters. The van der Waals surface area contributed by atoms with Crippen LogP contribution in [0.5, 0.6) is 0 Å². The molecule has 0 unspecified atom stereocenters. The van der Waals surface area contributed by atoms with Crippen LogP contribution in [0.1, 0.15) is 32.6 Å². The van der Waals surface area contributed by atoms with E-state index in [0.29, 0.717) is 38.3 Å². The fourth-order valence-corrected chi connectivity index (χ4v) is 1.69. The number of benzene rings is 1. The van der Waals surface area contributed by atoms with Gasteiger partial charge in [0.05, 0.1) is 13.2 Å². The van der Waals surface area contributed by atoms with Crippen LogP contribution in [0.3, 0.4) is 0 Å². The summed E-state index contributed by atoms with van der Waals surface area (Å²) in [5.74, 6) is -0.0115. The van der Waals surface area contributed by atoms with Crippen LogP contribution in [0, 0.1) is 0 Å². The van der Waals surface area contributed by atoms with Gasteiger partial charge >= 0.3 is 0 Å². The van der Waals surface area contributed by atoms with E-state index in [1.165, 1.54) is 0 Å². The standard InChI is InChI=1S/C16H26N2O3/c1-2-3-10-20-12-13-21-11-4-5-16(19)18-15-8-6-14(17)7-9-15/h6-9H,2-5,10-13,17H2,1H3,(H,18,19). The molecule has 0 bridgehead atoms. The molecule has 5 heteroatoms. The summed E-state index contributed by atoms with van der Waals surface area (Å²) in [6.45, 7) is 4.71. The Morgan fingerprint density at radius 1 is 1.05 bits per heavy atom. The average Bonchev–Trinajstić information content (AvgIpc) is 2.48. The van der Waals surface area contributed by atoms with Crippen LogP contribution in [0.4, 0.5) is 11.4 Å². The number of ether oxygens (including phenoxy) is 2. The van der Waals surface area contributed by atoms with Crippen LogP contribution in [0.15, 0.2) is 24.3 Å². The minimum atomic E-state index is -0.0115. The average molecular weight is 294 g/mol. The van der Waals surface area contributed by atoms with Gasteiger partial charge in [-0.25, -0.2) is 0 Å². The summed E-state index contributed by atoms with van der Waals surface area (Å²) in [4.78, 5) is 11.7. The highest BCUT2D eigenvalue weighted by molar-refractivity contribution is 5.90. The van der Waals surface area contributed by atoms with Gasteiger partial charge in [0.2, 0.25) is 5.91 Å². The number of nitrogens with one attached hydrogen (secondary N) is 1. The fraction of sp³-hybridized carbons (Fsp3) is 0.562. The van der Waals surface area contributed by atoms with Crippen molar-refractivity contribution in [2.45, 2.75) is 32.6 Å². The third-order valence-electron chi connectivity index (χ3n) is 2.90. The number of nitrogen functional groups attached to an aromatic ring is 1. The van der Waals surface area contributed by atoms with Crippen molar-refractivity contribution in [2.24, 2.45) is 0 Å². The van der Waals surface area contributed by atoms with E-state index in [1.54, 1.807) is 24.3 Å². The lowest BCUT2D eigenvalue weighted by Crippen LogP contribution is -2.13. The molecule has 1 aromatic carbocycles. The van der Waals surface area contributed by atoms with Gasteiger partial charge in [0, 0.05) is 31.0 Å². The maximum Gasteiger partial charge on any atom is 0.224 e. The minimum absolute atomic E-state index is 0.0115. The summed E-state index contributed by atoms with van der Waals surface area (Å²) >= 11 is 0. The molecule has 1 rings (SSSR count). The minimum Gasteiger partial charge on any atom is -0.399 e. The maximum atomic E-state index is 11.7. The van der Waals surface area contributed by atoms with Gasteiger partial charge in [-0.3, -0.25) is 4.79 Å². The largest absolute Gasteiger partial charge is 0.399 e. The first-order valence-electron chi connectivity index (χ1n) is 7.53. The van der Waals surface area contributed by atoms with E-state index in [-0.39, 0.29) is 5.91 Å². The number of rotatable bonds is 11. The van der Waals surface area contributed by atoms with E-state index < -0.39 is 0 Å². The summed E-state index contributed by atoms with van der Waals surface area (Å²) in [5, 5.41) is 2.82. The molecule has 21 heavy (non-hydrogen) atoms. The molecule has 0 saturated heterocycles. The fourth-order valence-electron chi connectivity index (χ4n) is 1.69. The van der Waals surface area contributed by atoms with Gasteiger partial charge in [-0.15, -0.1) is 0 Å². The second-order valence-corrected chi connectivity index (χ2v) is 4.85. The molecule has 0 fully saturated rings. The van der Waals surface area contributed by atoms with Crippen molar-refractivity contribution in [1.82, 2.24) is 0 Å².